The minimum Gasteiger partial charge on any atom is -0.316 e. The second kappa shape index (κ2) is 6.82. The molecule has 1 amide bonds. The largest absolute Gasteiger partial charge is 0.316 e. The van der Waals surface area contributed by atoms with Crippen LogP contribution in [0.2, 0.25) is 0 Å². The predicted molar refractivity (Wildman–Crippen MR) is 94.9 cm³/mol. The van der Waals surface area contributed by atoms with Crippen molar-refractivity contribution in [3.8, 4) is 6.07 Å². The second-order valence-electron chi connectivity index (χ2n) is 4.91. The summed E-state index contributed by atoms with van der Waals surface area (Å²) in [6, 6.07) is 13.7. The molecule has 0 fully saturated rings. The van der Waals surface area contributed by atoms with Gasteiger partial charge < -0.3 is 5.32 Å². The highest BCUT2D eigenvalue weighted by molar-refractivity contribution is 7.99. The average molecular weight is 339 g/mol. The number of aryl methyl sites for hydroxylation is 1. The second-order valence-corrected chi connectivity index (χ2v) is 6.82. The van der Waals surface area contributed by atoms with E-state index in [1.165, 1.54) is 23.1 Å². The quantitative estimate of drug-likeness (QED) is 0.723. The zero-order valence-corrected chi connectivity index (χ0v) is 14.0. The van der Waals surface area contributed by atoms with E-state index in [2.05, 4.69) is 16.4 Å². The van der Waals surface area contributed by atoms with Gasteiger partial charge in [-0.1, -0.05) is 30.0 Å². The number of rotatable bonds is 4. The number of hydrogen-bond acceptors (Lipinski definition) is 5. The molecule has 0 aliphatic heterocycles. The maximum Gasteiger partial charge on any atom is 0.235 e. The molecule has 0 aliphatic rings. The topological polar surface area (TPSA) is 65.8 Å². The molecule has 0 unspecified atom stereocenters. The van der Waals surface area contributed by atoms with E-state index in [1.807, 2.05) is 37.3 Å². The number of carbonyl (C=O) groups excluding carboxylic acids is 1. The third-order valence-electron chi connectivity index (χ3n) is 3.29. The van der Waals surface area contributed by atoms with E-state index in [9.17, 15) is 4.79 Å². The summed E-state index contributed by atoms with van der Waals surface area (Å²) in [5.74, 6) is 0.120. The van der Waals surface area contributed by atoms with Crippen LogP contribution >= 0.6 is 23.1 Å². The number of nitrogens with one attached hydrogen (secondary N) is 1. The molecule has 0 atom stereocenters. The molecule has 2 aromatic heterocycles. The summed E-state index contributed by atoms with van der Waals surface area (Å²) in [5.41, 5.74) is 2.57. The minimum absolute atomic E-state index is 0.137. The SMILES string of the molecule is Cc1cc(SCC(=O)Nc2sccc2C#N)nc2ccccc12. The van der Waals surface area contributed by atoms with E-state index >= 15 is 0 Å². The van der Waals surface area contributed by atoms with E-state index < -0.39 is 0 Å². The van der Waals surface area contributed by atoms with Gasteiger partial charge in [-0.05, 0) is 36.1 Å². The minimum atomic E-state index is -0.137. The molecule has 0 saturated heterocycles. The molecular weight excluding hydrogens is 326 g/mol. The van der Waals surface area contributed by atoms with Gasteiger partial charge in [0, 0.05) is 5.39 Å². The summed E-state index contributed by atoms with van der Waals surface area (Å²) in [4.78, 5) is 16.6. The molecule has 0 saturated carbocycles. The lowest BCUT2D eigenvalue weighted by Gasteiger charge is -2.06. The van der Waals surface area contributed by atoms with Crippen LogP contribution in [0.4, 0.5) is 5.00 Å². The van der Waals surface area contributed by atoms with Gasteiger partial charge >= 0.3 is 0 Å². The fourth-order valence-corrected chi connectivity index (χ4v) is 3.72. The maximum atomic E-state index is 12.0. The first-order valence-corrected chi connectivity index (χ1v) is 8.80. The molecule has 6 heteroatoms. The third kappa shape index (κ3) is 3.52. The highest BCUT2D eigenvalue weighted by Gasteiger charge is 2.10. The molecule has 3 rings (SSSR count). The van der Waals surface area contributed by atoms with Gasteiger partial charge in [0.25, 0.3) is 0 Å². The molecule has 0 spiro atoms. The molecule has 114 valence electrons. The number of carbonyl (C=O) groups is 1. The van der Waals surface area contributed by atoms with Crippen molar-refractivity contribution in [3.05, 3.63) is 52.9 Å². The first kappa shape index (κ1) is 15.5. The number of nitriles is 1. The van der Waals surface area contributed by atoms with Crippen molar-refractivity contribution in [2.24, 2.45) is 0 Å². The standard InChI is InChI=1S/C17H13N3OS2/c1-11-8-16(19-14-5-3-2-4-13(11)14)23-10-15(21)20-17-12(9-18)6-7-22-17/h2-8H,10H2,1H3,(H,20,21). The molecule has 2 heterocycles. The molecule has 0 radical (unpaired) electrons. The van der Waals surface area contributed by atoms with Crippen LogP contribution in [0, 0.1) is 18.3 Å². The van der Waals surface area contributed by atoms with E-state index in [0.29, 0.717) is 10.6 Å². The van der Waals surface area contributed by atoms with E-state index in [4.69, 9.17) is 5.26 Å². The predicted octanol–water partition coefficient (Wildman–Crippen LogP) is 4.21. The Morgan fingerprint density at radius 2 is 2.22 bits per heavy atom. The van der Waals surface area contributed by atoms with Crippen LogP contribution in [0.5, 0.6) is 0 Å². The Hall–Kier alpha value is -2.36. The summed E-state index contributed by atoms with van der Waals surface area (Å²) in [5, 5.41) is 16.1. The van der Waals surface area contributed by atoms with Crippen molar-refractivity contribution < 1.29 is 4.79 Å². The van der Waals surface area contributed by atoms with Crippen LogP contribution in [0.25, 0.3) is 10.9 Å². The third-order valence-corrected chi connectivity index (χ3v) is 5.03. The summed E-state index contributed by atoms with van der Waals surface area (Å²) >= 11 is 2.74. The van der Waals surface area contributed by atoms with E-state index in [1.54, 1.807) is 11.4 Å². The molecule has 1 N–H and O–H groups in total. The highest BCUT2D eigenvalue weighted by Crippen LogP contribution is 2.25. The molecule has 1 aromatic carbocycles. The number of pyridine rings is 1. The Labute approximate surface area is 142 Å². The number of aromatic nitrogens is 1. The molecule has 23 heavy (non-hydrogen) atoms. The number of anilines is 1. The van der Waals surface area contributed by atoms with Crippen LogP contribution < -0.4 is 5.32 Å². The van der Waals surface area contributed by atoms with Crippen molar-refractivity contribution in [2.75, 3.05) is 11.1 Å². The zero-order valence-electron chi connectivity index (χ0n) is 12.4. The van der Waals surface area contributed by atoms with Crippen LogP contribution in [0.3, 0.4) is 0 Å². The molecular formula is C17H13N3OS2. The average Bonchev–Trinajstić information content (AvgIpc) is 3.00. The number of fused-ring (bicyclic) bond motifs is 1. The molecule has 0 bridgehead atoms. The van der Waals surface area contributed by atoms with Gasteiger partial charge in [0.05, 0.1) is 21.9 Å². The van der Waals surface area contributed by atoms with Crippen LogP contribution in [0.1, 0.15) is 11.1 Å². The van der Waals surface area contributed by atoms with Crippen molar-refractivity contribution in [1.82, 2.24) is 4.98 Å². The number of hydrogen-bond donors (Lipinski definition) is 1. The Morgan fingerprint density at radius 3 is 3.04 bits per heavy atom. The molecule has 3 aromatic rings. The highest BCUT2D eigenvalue weighted by atomic mass is 32.2. The number of benzene rings is 1. The van der Waals surface area contributed by atoms with Crippen molar-refractivity contribution in [2.45, 2.75) is 11.9 Å². The lowest BCUT2D eigenvalue weighted by atomic mass is 10.1. The monoisotopic (exact) mass is 339 g/mol. The Kier molecular flexibility index (Phi) is 4.60. The van der Waals surface area contributed by atoms with Crippen molar-refractivity contribution in [3.63, 3.8) is 0 Å². The summed E-state index contributed by atoms with van der Waals surface area (Å²) in [6.45, 7) is 2.04. The number of thiophene rings is 1. The summed E-state index contributed by atoms with van der Waals surface area (Å²) in [7, 11) is 0. The van der Waals surface area contributed by atoms with E-state index in [0.717, 1.165) is 21.5 Å². The molecule has 0 aliphatic carbocycles. The van der Waals surface area contributed by atoms with Gasteiger partial charge in [0.1, 0.15) is 11.1 Å². The van der Waals surface area contributed by atoms with Gasteiger partial charge in [-0.15, -0.1) is 11.3 Å². The normalized spacial score (nSPS) is 10.4. The first-order chi connectivity index (χ1) is 11.2. The van der Waals surface area contributed by atoms with Gasteiger partial charge in [-0.25, -0.2) is 4.98 Å². The Morgan fingerprint density at radius 1 is 1.39 bits per heavy atom. The smallest absolute Gasteiger partial charge is 0.235 e. The van der Waals surface area contributed by atoms with Gasteiger partial charge in [0.15, 0.2) is 0 Å². The van der Waals surface area contributed by atoms with Crippen LogP contribution in [0.15, 0.2) is 46.8 Å². The first-order valence-electron chi connectivity index (χ1n) is 6.94. The van der Waals surface area contributed by atoms with E-state index in [-0.39, 0.29) is 11.7 Å². The lowest BCUT2D eigenvalue weighted by molar-refractivity contribution is -0.113. The maximum absolute atomic E-state index is 12.0. The summed E-state index contributed by atoms with van der Waals surface area (Å²) < 4.78 is 0. The van der Waals surface area contributed by atoms with Crippen molar-refractivity contribution in [1.29, 1.82) is 5.26 Å². The fraction of sp³-hybridized carbons (Fsp3) is 0.118. The van der Waals surface area contributed by atoms with Gasteiger partial charge in [0.2, 0.25) is 5.91 Å². The van der Waals surface area contributed by atoms with Gasteiger partial charge in [-0.3, -0.25) is 4.79 Å². The summed E-state index contributed by atoms with van der Waals surface area (Å²) in [6.07, 6.45) is 0. The number of amides is 1. The zero-order chi connectivity index (χ0) is 16.2. The number of para-hydroxylation sites is 1. The Bertz CT molecular complexity index is 912. The lowest BCUT2D eigenvalue weighted by Crippen LogP contribution is -2.13. The van der Waals surface area contributed by atoms with Crippen LogP contribution in [-0.2, 0) is 4.79 Å². The van der Waals surface area contributed by atoms with Gasteiger partial charge in [-0.2, -0.15) is 5.26 Å². The molecule has 4 nitrogen and oxygen atoms in total. The van der Waals surface area contributed by atoms with Crippen molar-refractivity contribution >= 4 is 44.9 Å². The fourth-order valence-electron chi connectivity index (χ4n) is 2.19. The van der Waals surface area contributed by atoms with Crippen LogP contribution in [-0.4, -0.2) is 16.6 Å². The number of nitrogens with zero attached hydrogens (tertiary/aromatic N) is 2. The number of thioether (sulfide) groups is 1. The Balaban J connectivity index is 1.69.